The first kappa shape index (κ1) is 29.7. The lowest BCUT2D eigenvalue weighted by atomic mass is 10.0. The van der Waals surface area contributed by atoms with E-state index in [0.717, 1.165) is 38.6 Å². The summed E-state index contributed by atoms with van der Waals surface area (Å²) in [6.07, 6.45) is 0. The van der Waals surface area contributed by atoms with Crippen molar-refractivity contribution in [2.75, 3.05) is 0 Å². The average Bonchev–Trinajstić information content (AvgIpc) is 3.52. The zero-order chi connectivity index (χ0) is 33.3. The monoisotopic (exact) mass is 665 g/mol. The second-order valence-corrected chi connectivity index (χ2v) is 22.8. The second kappa shape index (κ2) is 11.1. The summed E-state index contributed by atoms with van der Waals surface area (Å²) in [6, 6.07) is 49.5. The molecule has 0 spiro atoms. The minimum Gasteiger partial charge on any atom is -0.456 e. The van der Waals surface area contributed by atoms with Crippen LogP contribution in [0.5, 0.6) is 0 Å². The number of hydrogen-bond donors (Lipinski definition) is 0. The zero-order valence-corrected chi connectivity index (χ0v) is 30.0. The molecule has 0 atom stereocenters. The number of nitrogens with zero attached hydrogens (tertiary/aromatic N) is 3. The Bertz CT molecular complexity index is 2500. The summed E-state index contributed by atoms with van der Waals surface area (Å²) in [7, 11) is -3.65. The van der Waals surface area contributed by atoms with Crippen molar-refractivity contribution in [3.63, 3.8) is 0 Å². The predicted molar refractivity (Wildman–Crippen MR) is 209 cm³/mol. The van der Waals surface area contributed by atoms with Crippen LogP contribution >= 0.6 is 0 Å². The molecule has 6 aromatic carbocycles. The van der Waals surface area contributed by atoms with Gasteiger partial charge in [0.1, 0.15) is 27.3 Å². The van der Waals surface area contributed by atoms with Crippen LogP contribution in [-0.2, 0) is 0 Å². The van der Waals surface area contributed by atoms with Gasteiger partial charge < -0.3 is 4.42 Å². The molecule has 0 saturated heterocycles. The number of furan rings is 1. The Kier molecular flexibility index (Phi) is 6.70. The summed E-state index contributed by atoms with van der Waals surface area (Å²) in [4.78, 5) is 14.7. The number of hydrogen-bond acceptors (Lipinski definition) is 4. The molecule has 1 aliphatic heterocycles. The maximum Gasteiger partial charge on any atom is 0.164 e. The number of fused-ring (bicyclic) bond motifs is 5. The second-order valence-electron chi connectivity index (χ2n) is 14.1. The highest BCUT2D eigenvalue weighted by Gasteiger charge is 2.43. The summed E-state index contributed by atoms with van der Waals surface area (Å²) >= 11 is 0. The molecule has 0 aliphatic carbocycles. The molecule has 49 heavy (non-hydrogen) atoms. The van der Waals surface area contributed by atoms with Gasteiger partial charge in [-0.15, -0.1) is 0 Å². The smallest absolute Gasteiger partial charge is 0.164 e. The van der Waals surface area contributed by atoms with E-state index in [1.807, 2.05) is 60.7 Å². The van der Waals surface area contributed by atoms with Gasteiger partial charge in [-0.2, -0.15) is 0 Å². The molecular formula is C43H35N3OSi2. The van der Waals surface area contributed by atoms with Gasteiger partial charge in [0.15, 0.2) is 17.5 Å². The van der Waals surface area contributed by atoms with Crippen molar-refractivity contribution in [1.82, 2.24) is 15.0 Å². The summed E-state index contributed by atoms with van der Waals surface area (Å²) in [5.74, 6) is 1.90. The molecular weight excluding hydrogens is 631 g/mol. The average molecular weight is 666 g/mol. The van der Waals surface area contributed by atoms with E-state index in [2.05, 4.69) is 105 Å². The Labute approximate surface area is 288 Å². The minimum absolute atomic E-state index is 0.615. The molecule has 2 aromatic heterocycles. The van der Waals surface area contributed by atoms with Crippen LogP contribution < -0.4 is 20.7 Å². The third-order valence-electron chi connectivity index (χ3n) is 10.4. The molecule has 1 aliphatic rings. The van der Waals surface area contributed by atoms with Crippen LogP contribution in [0.25, 0.3) is 67.2 Å². The molecule has 0 N–H and O–H groups in total. The minimum atomic E-state index is -1.86. The van der Waals surface area contributed by atoms with Crippen LogP contribution in [0.15, 0.2) is 144 Å². The molecule has 9 rings (SSSR count). The standard InChI is InChI=1S/C43H35N3OSi2/c1-48(2)37-17-11-12-18-38(37)49(3,4)40-27-31(21-24-39(40)48)30-20-23-35-34(25-30)33-22-19-32(26-36(33)47-35)43-45-41(28-13-7-5-8-14-28)44-42(46-43)29-15-9-6-10-16-29/h5-27H,1-4H3. The van der Waals surface area contributed by atoms with Gasteiger partial charge in [0.2, 0.25) is 0 Å². The van der Waals surface area contributed by atoms with Gasteiger partial charge in [-0.25, -0.2) is 15.0 Å². The highest BCUT2D eigenvalue weighted by Crippen LogP contribution is 2.35. The van der Waals surface area contributed by atoms with Gasteiger partial charge in [0, 0.05) is 27.5 Å². The topological polar surface area (TPSA) is 51.8 Å². The summed E-state index contributed by atoms with van der Waals surface area (Å²) in [6.45, 7) is 10.0. The molecule has 6 heteroatoms. The molecule has 236 valence electrons. The van der Waals surface area contributed by atoms with Crippen LogP contribution in [0.3, 0.4) is 0 Å². The Balaban J connectivity index is 1.13. The van der Waals surface area contributed by atoms with Gasteiger partial charge in [-0.1, -0.05) is 162 Å². The summed E-state index contributed by atoms with van der Waals surface area (Å²) in [5.41, 5.74) is 6.95. The van der Waals surface area contributed by atoms with E-state index in [-0.39, 0.29) is 0 Å². The Hall–Kier alpha value is -5.44. The lowest BCUT2D eigenvalue weighted by Crippen LogP contribution is -2.77. The van der Waals surface area contributed by atoms with Gasteiger partial charge in [-0.3, -0.25) is 0 Å². The Morgan fingerprint density at radius 2 is 0.857 bits per heavy atom. The number of aromatic nitrogens is 3. The third-order valence-corrected chi connectivity index (χ3v) is 18.0. The van der Waals surface area contributed by atoms with Crippen molar-refractivity contribution in [2.45, 2.75) is 26.2 Å². The van der Waals surface area contributed by atoms with Crippen LogP contribution in [0.2, 0.25) is 26.2 Å². The molecule has 0 saturated carbocycles. The van der Waals surface area contributed by atoms with Crippen molar-refractivity contribution in [3.05, 3.63) is 140 Å². The van der Waals surface area contributed by atoms with E-state index in [1.54, 1.807) is 20.7 Å². The molecule has 0 radical (unpaired) electrons. The lowest BCUT2D eigenvalue weighted by Gasteiger charge is -2.42. The highest BCUT2D eigenvalue weighted by molar-refractivity contribution is 7.16. The van der Waals surface area contributed by atoms with Crippen molar-refractivity contribution in [1.29, 1.82) is 0 Å². The van der Waals surface area contributed by atoms with E-state index >= 15 is 0 Å². The van der Waals surface area contributed by atoms with Crippen molar-refractivity contribution < 1.29 is 4.42 Å². The van der Waals surface area contributed by atoms with Gasteiger partial charge in [0.25, 0.3) is 0 Å². The fourth-order valence-electron chi connectivity index (χ4n) is 7.68. The predicted octanol–water partition coefficient (Wildman–Crippen LogP) is 8.40. The highest BCUT2D eigenvalue weighted by atomic mass is 28.3. The molecule has 0 amide bonds. The van der Waals surface area contributed by atoms with E-state index in [9.17, 15) is 0 Å². The van der Waals surface area contributed by atoms with Crippen molar-refractivity contribution in [3.8, 4) is 45.3 Å². The molecule has 8 aromatic rings. The van der Waals surface area contributed by atoms with Gasteiger partial charge >= 0.3 is 0 Å². The first-order valence-electron chi connectivity index (χ1n) is 16.9. The Morgan fingerprint density at radius 1 is 0.367 bits per heavy atom. The van der Waals surface area contributed by atoms with E-state index < -0.39 is 16.1 Å². The third kappa shape index (κ3) is 4.82. The Morgan fingerprint density at radius 3 is 1.49 bits per heavy atom. The molecule has 0 fully saturated rings. The van der Waals surface area contributed by atoms with Crippen LogP contribution in [0.1, 0.15) is 0 Å². The molecule has 0 unspecified atom stereocenters. The van der Waals surface area contributed by atoms with Gasteiger partial charge in [-0.05, 0) is 35.4 Å². The summed E-state index contributed by atoms with van der Waals surface area (Å²) in [5, 5.41) is 8.59. The van der Waals surface area contributed by atoms with Crippen molar-refractivity contribution >= 4 is 58.8 Å². The molecule has 0 bridgehead atoms. The lowest BCUT2D eigenvalue weighted by molar-refractivity contribution is 0.669. The normalized spacial score (nSPS) is 14.4. The number of benzene rings is 6. The zero-order valence-electron chi connectivity index (χ0n) is 28.0. The fourth-order valence-corrected chi connectivity index (χ4v) is 17.1. The fraction of sp³-hybridized carbons (Fsp3) is 0.0930. The summed E-state index contributed by atoms with van der Waals surface area (Å²) < 4.78 is 6.47. The van der Waals surface area contributed by atoms with E-state index in [1.165, 1.54) is 11.1 Å². The first-order valence-corrected chi connectivity index (χ1v) is 22.9. The number of rotatable bonds is 4. The maximum absolute atomic E-state index is 6.47. The quantitative estimate of drug-likeness (QED) is 0.177. The van der Waals surface area contributed by atoms with Gasteiger partial charge in [0.05, 0.1) is 0 Å². The van der Waals surface area contributed by atoms with Crippen LogP contribution in [0.4, 0.5) is 0 Å². The van der Waals surface area contributed by atoms with Crippen LogP contribution in [0, 0.1) is 0 Å². The first-order chi connectivity index (χ1) is 23.8. The van der Waals surface area contributed by atoms with Crippen LogP contribution in [-0.4, -0.2) is 31.1 Å². The maximum atomic E-state index is 6.47. The van der Waals surface area contributed by atoms with E-state index in [0.29, 0.717) is 17.5 Å². The van der Waals surface area contributed by atoms with Crippen molar-refractivity contribution in [2.24, 2.45) is 0 Å². The largest absolute Gasteiger partial charge is 0.456 e. The van der Waals surface area contributed by atoms with E-state index in [4.69, 9.17) is 19.4 Å². The molecule has 3 heterocycles. The SMILES string of the molecule is C[Si]1(C)c2ccccc2[Si](C)(C)c2cc(-c3ccc4oc5cc(-c6nc(-c7ccccc7)nc(-c7ccccc7)n6)ccc5c4c3)ccc21. The molecule has 4 nitrogen and oxygen atoms in total.